The summed E-state index contributed by atoms with van der Waals surface area (Å²) in [7, 11) is 3.51. The number of aromatic nitrogens is 4. The number of amides is 1. The number of aromatic amines is 1. The van der Waals surface area contributed by atoms with E-state index in [1.54, 1.807) is 23.2 Å². The van der Waals surface area contributed by atoms with Gasteiger partial charge in [-0.15, -0.1) is 0 Å². The first-order chi connectivity index (χ1) is 14.0. The fourth-order valence-electron chi connectivity index (χ4n) is 4.11. The first-order valence-corrected chi connectivity index (χ1v) is 9.61. The van der Waals surface area contributed by atoms with Crippen molar-refractivity contribution >= 4 is 16.9 Å². The molecule has 0 fully saturated rings. The molecule has 29 heavy (non-hydrogen) atoms. The van der Waals surface area contributed by atoms with Gasteiger partial charge in [0.1, 0.15) is 11.5 Å². The molecular formula is C22H21N5O2. The smallest absolute Gasteiger partial charge is 0.328 e. The Kier molecular flexibility index (Phi) is 3.91. The fraction of sp³-hybridized carbons (Fsp3) is 0.227. The van der Waals surface area contributed by atoms with Gasteiger partial charge in [-0.3, -0.25) is 13.9 Å². The van der Waals surface area contributed by atoms with Crippen LogP contribution in [0.2, 0.25) is 0 Å². The first-order valence-electron chi connectivity index (χ1n) is 9.61. The number of carbonyl (C=O) groups excluding carboxylic acids is 1. The van der Waals surface area contributed by atoms with Crippen LogP contribution in [0.1, 0.15) is 27.7 Å². The molecule has 2 aromatic carbocycles. The zero-order chi connectivity index (χ0) is 20.1. The van der Waals surface area contributed by atoms with Crippen LogP contribution in [-0.4, -0.2) is 31.6 Å². The number of carbonyl (C=O) groups is 1. The van der Waals surface area contributed by atoms with E-state index in [2.05, 4.69) is 27.4 Å². The molecular weight excluding hydrogens is 366 g/mol. The van der Waals surface area contributed by atoms with Crippen molar-refractivity contribution in [1.82, 2.24) is 24.4 Å². The van der Waals surface area contributed by atoms with Gasteiger partial charge in [-0.2, -0.15) is 0 Å². The second-order valence-corrected chi connectivity index (χ2v) is 7.54. The molecule has 4 aromatic rings. The van der Waals surface area contributed by atoms with Crippen molar-refractivity contribution in [1.29, 1.82) is 0 Å². The van der Waals surface area contributed by atoms with Crippen LogP contribution in [0, 0.1) is 0 Å². The van der Waals surface area contributed by atoms with Gasteiger partial charge in [0.25, 0.3) is 5.91 Å². The highest BCUT2D eigenvalue weighted by Crippen LogP contribution is 2.28. The van der Waals surface area contributed by atoms with Crippen molar-refractivity contribution in [3.63, 3.8) is 0 Å². The summed E-state index contributed by atoms with van der Waals surface area (Å²) >= 11 is 0. The van der Waals surface area contributed by atoms with E-state index in [0.717, 1.165) is 22.3 Å². The quantitative estimate of drug-likeness (QED) is 0.554. The topological polar surface area (TPSA) is 84.7 Å². The molecule has 0 radical (unpaired) electrons. The number of H-pyrrole nitrogens is 1. The molecule has 7 heteroatoms. The van der Waals surface area contributed by atoms with E-state index in [4.69, 9.17) is 0 Å². The summed E-state index contributed by atoms with van der Waals surface area (Å²) in [6.45, 7) is 0.584. The number of rotatable bonds is 2. The summed E-state index contributed by atoms with van der Waals surface area (Å²) in [5.41, 5.74) is 4.93. The van der Waals surface area contributed by atoms with E-state index < -0.39 is 0 Å². The van der Waals surface area contributed by atoms with Gasteiger partial charge in [0.2, 0.25) is 0 Å². The molecule has 146 valence electrons. The maximum absolute atomic E-state index is 12.6. The predicted molar refractivity (Wildman–Crippen MR) is 111 cm³/mol. The van der Waals surface area contributed by atoms with Crippen LogP contribution < -0.4 is 11.0 Å². The highest BCUT2D eigenvalue weighted by atomic mass is 16.2. The molecule has 1 aliphatic heterocycles. The number of aryl methyl sites for hydroxylation is 2. The second kappa shape index (κ2) is 6.48. The lowest BCUT2D eigenvalue weighted by Gasteiger charge is -2.14. The Balaban J connectivity index is 1.57. The van der Waals surface area contributed by atoms with E-state index in [-0.39, 0.29) is 17.5 Å². The Morgan fingerprint density at radius 3 is 2.55 bits per heavy atom. The van der Waals surface area contributed by atoms with Crippen molar-refractivity contribution < 1.29 is 4.79 Å². The Labute approximate surface area is 167 Å². The Morgan fingerprint density at radius 2 is 1.76 bits per heavy atom. The van der Waals surface area contributed by atoms with Crippen LogP contribution in [0.5, 0.6) is 0 Å². The van der Waals surface area contributed by atoms with Crippen molar-refractivity contribution in [2.45, 2.75) is 12.3 Å². The largest absolute Gasteiger partial charge is 0.350 e. The number of nitrogens with zero attached hydrogens (tertiary/aromatic N) is 3. The molecule has 1 aliphatic rings. The number of benzene rings is 2. The lowest BCUT2D eigenvalue weighted by Crippen LogP contribution is -2.26. The van der Waals surface area contributed by atoms with E-state index in [1.165, 1.54) is 5.56 Å². The minimum absolute atomic E-state index is 0.0718. The Bertz CT molecular complexity index is 1300. The van der Waals surface area contributed by atoms with Crippen LogP contribution in [0.4, 0.5) is 0 Å². The van der Waals surface area contributed by atoms with Gasteiger partial charge in [0.05, 0.1) is 11.0 Å². The highest BCUT2D eigenvalue weighted by molar-refractivity contribution is 5.95. The minimum atomic E-state index is -0.158. The number of nitrogens with one attached hydrogen (secondary N) is 2. The summed E-state index contributed by atoms with van der Waals surface area (Å²) in [6.07, 6.45) is 0.706. The molecule has 0 bridgehead atoms. The SMILES string of the molecule is Cn1c(=O)n(C)c2cc(-c3nc4c([nH]3)C[C@H](c3ccccc3)CNC4=O)ccc21. The number of hydrogen-bond acceptors (Lipinski definition) is 3. The van der Waals surface area contributed by atoms with Gasteiger partial charge >= 0.3 is 5.69 Å². The average Bonchev–Trinajstić information content (AvgIpc) is 3.21. The van der Waals surface area contributed by atoms with Gasteiger partial charge in [0, 0.05) is 37.8 Å². The zero-order valence-electron chi connectivity index (χ0n) is 16.3. The van der Waals surface area contributed by atoms with Crippen LogP contribution in [0.15, 0.2) is 53.3 Å². The van der Waals surface area contributed by atoms with Gasteiger partial charge in [0.15, 0.2) is 0 Å². The summed E-state index contributed by atoms with van der Waals surface area (Å²) in [5, 5.41) is 2.99. The van der Waals surface area contributed by atoms with Crippen LogP contribution >= 0.6 is 0 Å². The molecule has 1 atom stereocenters. The van der Waals surface area contributed by atoms with E-state index in [0.29, 0.717) is 24.5 Å². The third-order valence-corrected chi connectivity index (χ3v) is 5.77. The molecule has 5 rings (SSSR count). The monoisotopic (exact) mass is 387 g/mol. The minimum Gasteiger partial charge on any atom is -0.350 e. The molecule has 0 unspecified atom stereocenters. The van der Waals surface area contributed by atoms with Crippen LogP contribution in [0.25, 0.3) is 22.4 Å². The van der Waals surface area contributed by atoms with Crippen molar-refractivity contribution in [3.05, 3.63) is 76.0 Å². The summed E-state index contributed by atoms with van der Waals surface area (Å²) in [6, 6.07) is 16.0. The Hall–Kier alpha value is -3.61. The van der Waals surface area contributed by atoms with E-state index in [1.807, 2.05) is 36.4 Å². The summed E-state index contributed by atoms with van der Waals surface area (Å²) in [5.74, 6) is 0.665. The Morgan fingerprint density at radius 1 is 1.00 bits per heavy atom. The standard InChI is InChI=1S/C22H21N5O2/c1-26-17-9-8-14(11-18(17)27(2)22(26)29)20-24-16-10-15(13-6-4-3-5-7-13)12-23-21(28)19(16)25-20/h3-9,11,15H,10,12H2,1-2H3,(H,23,28)(H,24,25)/t15-/m0/s1. The number of imidazole rings is 2. The lowest BCUT2D eigenvalue weighted by atomic mass is 9.94. The highest BCUT2D eigenvalue weighted by Gasteiger charge is 2.26. The third-order valence-electron chi connectivity index (χ3n) is 5.77. The van der Waals surface area contributed by atoms with Gasteiger partial charge in [-0.25, -0.2) is 9.78 Å². The maximum Gasteiger partial charge on any atom is 0.328 e. The van der Waals surface area contributed by atoms with Crippen molar-refractivity contribution in [2.24, 2.45) is 14.1 Å². The van der Waals surface area contributed by atoms with Gasteiger partial charge in [-0.05, 0) is 30.2 Å². The normalized spacial score (nSPS) is 16.5. The second-order valence-electron chi connectivity index (χ2n) is 7.54. The zero-order valence-corrected chi connectivity index (χ0v) is 16.3. The number of hydrogen-bond donors (Lipinski definition) is 2. The molecule has 0 saturated carbocycles. The molecule has 0 aliphatic carbocycles. The third kappa shape index (κ3) is 2.77. The average molecular weight is 387 g/mol. The molecule has 0 spiro atoms. The van der Waals surface area contributed by atoms with Crippen LogP contribution in [-0.2, 0) is 20.5 Å². The predicted octanol–water partition coefficient (Wildman–Crippen LogP) is 2.34. The molecule has 3 heterocycles. The van der Waals surface area contributed by atoms with E-state index >= 15 is 0 Å². The van der Waals surface area contributed by atoms with Crippen molar-refractivity contribution in [2.75, 3.05) is 6.54 Å². The summed E-state index contributed by atoms with van der Waals surface area (Å²) < 4.78 is 3.24. The molecule has 1 amide bonds. The van der Waals surface area contributed by atoms with Gasteiger partial charge < -0.3 is 10.3 Å². The first kappa shape index (κ1) is 17.5. The van der Waals surface area contributed by atoms with Crippen molar-refractivity contribution in [3.8, 4) is 11.4 Å². The van der Waals surface area contributed by atoms with Gasteiger partial charge in [-0.1, -0.05) is 30.3 Å². The summed E-state index contributed by atoms with van der Waals surface area (Å²) in [4.78, 5) is 32.7. The van der Waals surface area contributed by atoms with Crippen LogP contribution in [0.3, 0.4) is 0 Å². The molecule has 2 N–H and O–H groups in total. The van der Waals surface area contributed by atoms with E-state index in [9.17, 15) is 9.59 Å². The fourth-order valence-corrected chi connectivity index (χ4v) is 4.11. The molecule has 7 nitrogen and oxygen atoms in total. The lowest BCUT2D eigenvalue weighted by molar-refractivity contribution is 0.0950. The number of fused-ring (bicyclic) bond motifs is 2. The molecule has 2 aromatic heterocycles. The molecule has 0 saturated heterocycles. The maximum atomic E-state index is 12.6.